The van der Waals surface area contributed by atoms with Crippen LogP contribution in [0.4, 0.5) is 0 Å². The van der Waals surface area contributed by atoms with Crippen molar-refractivity contribution in [3.05, 3.63) is 35.9 Å². The summed E-state index contributed by atoms with van der Waals surface area (Å²) >= 11 is 0. The summed E-state index contributed by atoms with van der Waals surface area (Å²) in [5, 5.41) is 20.2. The van der Waals surface area contributed by atoms with Gasteiger partial charge >= 0.3 is 0 Å². The Hall–Kier alpha value is -1.39. The van der Waals surface area contributed by atoms with Crippen molar-refractivity contribution in [3.63, 3.8) is 0 Å². The van der Waals surface area contributed by atoms with Crippen molar-refractivity contribution < 1.29 is 15.0 Å². The third-order valence-corrected chi connectivity index (χ3v) is 7.96. The van der Waals surface area contributed by atoms with Crippen LogP contribution < -0.4 is 0 Å². The average molecular weight is 355 g/mol. The number of benzene rings is 1. The molecule has 1 aromatic rings. The van der Waals surface area contributed by atoms with Gasteiger partial charge in [-0.25, -0.2) is 0 Å². The van der Waals surface area contributed by atoms with Crippen molar-refractivity contribution in [2.24, 2.45) is 23.7 Å². The van der Waals surface area contributed by atoms with Gasteiger partial charge in [0, 0.05) is 24.9 Å². The number of rotatable bonds is 3. The highest BCUT2D eigenvalue weighted by atomic mass is 16.3. The van der Waals surface area contributed by atoms with E-state index in [4.69, 9.17) is 0 Å². The maximum Gasteiger partial charge on any atom is 0.223 e. The van der Waals surface area contributed by atoms with E-state index in [-0.39, 0.29) is 23.5 Å². The van der Waals surface area contributed by atoms with E-state index in [9.17, 15) is 15.0 Å². The van der Waals surface area contributed by atoms with Gasteiger partial charge in [0.15, 0.2) is 0 Å². The molecule has 140 valence electrons. The Morgan fingerprint density at radius 2 is 1.65 bits per heavy atom. The van der Waals surface area contributed by atoms with Gasteiger partial charge in [-0.15, -0.1) is 0 Å². The molecule has 6 rings (SSSR count). The maximum absolute atomic E-state index is 13.1. The predicted molar refractivity (Wildman–Crippen MR) is 98.4 cm³/mol. The third kappa shape index (κ3) is 2.45. The van der Waals surface area contributed by atoms with Crippen LogP contribution in [0.5, 0.6) is 0 Å². The Bertz CT molecular complexity index is 668. The van der Waals surface area contributed by atoms with Crippen molar-refractivity contribution in [3.8, 4) is 0 Å². The van der Waals surface area contributed by atoms with Crippen molar-refractivity contribution in [2.45, 2.75) is 56.1 Å². The lowest BCUT2D eigenvalue weighted by Gasteiger charge is -2.56. The molecule has 0 spiro atoms. The molecule has 4 nitrogen and oxygen atoms in total. The first-order chi connectivity index (χ1) is 12.6. The highest BCUT2D eigenvalue weighted by molar-refractivity contribution is 5.79. The van der Waals surface area contributed by atoms with Crippen molar-refractivity contribution in [1.82, 2.24) is 4.90 Å². The number of nitrogens with zero attached hydrogens (tertiary/aromatic N) is 1. The molecule has 2 N–H and O–H groups in total. The Morgan fingerprint density at radius 3 is 2.27 bits per heavy atom. The molecule has 4 saturated carbocycles. The van der Waals surface area contributed by atoms with Crippen LogP contribution in [-0.2, 0) is 10.2 Å². The summed E-state index contributed by atoms with van der Waals surface area (Å²) in [5.74, 6) is 2.20. The molecule has 1 aliphatic heterocycles. The van der Waals surface area contributed by atoms with E-state index in [2.05, 4.69) is 30.3 Å². The van der Waals surface area contributed by atoms with E-state index in [1.54, 1.807) is 0 Å². The summed E-state index contributed by atoms with van der Waals surface area (Å²) in [6, 6.07) is 10.7. The van der Waals surface area contributed by atoms with Crippen LogP contribution in [0.15, 0.2) is 30.3 Å². The summed E-state index contributed by atoms with van der Waals surface area (Å²) in [6.07, 6.45) is 5.43. The van der Waals surface area contributed by atoms with Crippen LogP contribution in [0.3, 0.4) is 0 Å². The SMILES string of the molecule is O=C(CC1(c2ccccc2)C2CC3CC1CC(C2)[C@H](O)C3)N1CC(O)C1. The van der Waals surface area contributed by atoms with Crippen LogP contribution >= 0.6 is 0 Å². The van der Waals surface area contributed by atoms with Gasteiger partial charge in [0.2, 0.25) is 5.91 Å². The van der Waals surface area contributed by atoms with Gasteiger partial charge in [-0.05, 0) is 61.3 Å². The molecule has 1 amide bonds. The first kappa shape index (κ1) is 16.8. The Labute approximate surface area is 155 Å². The van der Waals surface area contributed by atoms with E-state index >= 15 is 0 Å². The Kier molecular flexibility index (Phi) is 3.91. The quantitative estimate of drug-likeness (QED) is 0.875. The minimum absolute atomic E-state index is 0.0874. The number of hydrogen-bond acceptors (Lipinski definition) is 3. The van der Waals surface area contributed by atoms with E-state index < -0.39 is 0 Å². The first-order valence-corrected chi connectivity index (χ1v) is 10.3. The summed E-state index contributed by atoms with van der Waals surface area (Å²) in [4.78, 5) is 14.9. The van der Waals surface area contributed by atoms with Gasteiger partial charge in [-0.1, -0.05) is 30.3 Å². The summed E-state index contributed by atoms with van der Waals surface area (Å²) in [6.45, 7) is 0.978. The van der Waals surface area contributed by atoms with Crippen LogP contribution in [0.25, 0.3) is 0 Å². The minimum Gasteiger partial charge on any atom is -0.393 e. The molecule has 1 heterocycles. The molecule has 1 saturated heterocycles. The number of hydrogen-bond donors (Lipinski definition) is 2. The molecule has 0 aromatic heterocycles. The molecule has 4 bridgehead atoms. The van der Waals surface area contributed by atoms with Gasteiger partial charge < -0.3 is 15.1 Å². The average Bonchev–Trinajstić information content (AvgIpc) is 2.81. The molecule has 0 radical (unpaired) electrons. The number of β-amino-alcohol motifs (C(OH)–C–C–N with tert-alkyl or cyclic N) is 1. The van der Waals surface area contributed by atoms with E-state index in [0.29, 0.717) is 43.2 Å². The lowest BCUT2D eigenvalue weighted by molar-refractivity contribution is -0.146. The normalized spacial score (nSPS) is 41.8. The van der Waals surface area contributed by atoms with Crippen LogP contribution in [0.1, 0.15) is 44.1 Å². The molecule has 4 aliphatic carbocycles. The number of aliphatic hydroxyl groups excluding tert-OH is 2. The Balaban J connectivity index is 1.52. The fourth-order valence-corrected chi connectivity index (χ4v) is 6.77. The molecular formula is C22H29NO3. The predicted octanol–water partition coefficient (Wildman–Crippen LogP) is 2.33. The standard InChI is InChI=1S/C22H29NO3/c24-19-12-23(13-19)21(26)11-22(16-4-2-1-3-5-16)17-6-14-7-18(22)10-15(9-17)20(25)8-14/h1-5,14-15,17-20,24-25H,6-13H2/t14?,15?,17?,18?,20-,22?/m1/s1. The number of carbonyl (C=O) groups excluding carboxylic acids is 1. The second kappa shape index (κ2) is 6.07. The molecule has 4 heteroatoms. The van der Waals surface area contributed by atoms with Crippen LogP contribution in [0, 0.1) is 23.7 Å². The van der Waals surface area contributed by atoms with Gasteiger partial charge in [0.25, 0.3) is 0 Å². The zero-order valence-electron chi connectivity index (χ0n) is 15.3. The summed E-state index contributed by atoms with van der Waals surface area (Å²) in [5.41, 5.74) is 1.23. The first-order valence-electron chi connectivity index (χ1n) is 10.3. The lowest BCUT2D eigenvalue weighted by atomic mass is 9.48. The molecule has 5 aliphatic rings. The van der Waals surface area contributed by atoms with E-state index in [0.717, 1.165) is 32.1 Å². The van der Waals surface area contributed by atoms with Crippen molar-refractivity contribution in [1.29, 1.82) is 0 Å². The number of amides is 1. The molecule has 26 heavy (non-hydrogen) atoms. The molecule has 2 unspecified atom stereocenters. The lowest BCUT2D eigenvalue weighted by Crippen LogP contribution is -2.58. The van der Waals surface area contributed by atoms with Crippen LogP contribution in [0.2, 0.25) is 0 Å². The molecule has 5 fully saturated rings. The number of likely N-dealkylation sites (tertiary alicyclic amines) is 1. The van der Waals surface area contributed by atoms with Crippen molar-refractivity contribution in [2.75, 3.05) is 13.1 Å². The zero-order valence-corrected chi connectivity index (χ0v) is 15.3. The highest BCUT2D eigenvalue weighted by Crippen LogP contribution is 2.62. The maximum atomic E-state index is 13.1. The highest BCUT2D eigenvalue weighted by Gasteiger charge is 2.58. The topological polar surface area (TPSA) is 60.8 Å². The molecular weight excluding hydrogens is 326 g/mol. The number of aliphatic hydroxyl groups is 2. The largest absolute Gasteiger partial charge is 0.393 e. The summed E-state index contributed by atoms with van der Waals surface area (Å²) < 4.78 is 0. The van der Waals surface area contributed by atoms with E-state index in [1.807, 2.05) is 4.90 Å². The molecule has 1 aromatic carbocycles. The van der Waals surface area contributed by atoms with Gasteiger partial charge in [0.1, 0.15) is 0 Å². The Morgan fingerprint density at radius 1 is 1.00 bits per heavy atom. The van der Waals surface area contributed by atoms with E-state index in [1.165, 1.54) is 5.56 Å². The summed E-state index contributed by atoms with van der Waals surface area (Å²) in [7, 11) is 0. The fourth-order valence-electron chi connectivity index (χ4n) is 6.77. The van der Waals surface area contributed by atoms with Gasteiger partial charge in [0.05, 0.1) is 12.2 Å². The second-order valence-corrected chi connectivity index (χ2v) is 9.30. The molecule has 3 atom stereocenters. The number of carbonyl (C=O) groups is 1. The van der Waals surface area contributed by atoms with Crippen molar-refractivity contribution >= 4 is 5.91 Å². The second-order valence-electron chi connectivity index (χ2n) is 9.30. The van der Waals surface area contributed by atoms with Gasteiger partial charge in [-0.3, -0.25) is 4.79 Å². The smallest absolute Gasteiger partial charge is 0.223 e. The fraction of sp³-hybridized carbons (Fsp3) is 0.682. The monoisotopic (exact) mass is 355 g/mol. The zero-order chi connectivity index (χ0) is 17.9. The number of fused-ring (bicyclic) bond motifs is 1. The van der Waals surface area contributed by atoms with Gasteiger partial charge in [-0.2, -0.15) is 0 Å². The minimum atomic E-state index is -0.344. The third-order valence-electron chi connectivity index (χ3n) is 7.96. The van der Waals surface area contributed by atoms with Crippen LogP contribution in [-0.4, -0.2) is 46.3 Å².